The van der Waals surface area contributed by atoms with E-state index in [1.165, 1.54) is 12.1 Å². The number of hydrogen-bond donors (Lipinski definition) is 1. The van der Waals surface area contributed by atoms with Crippen LogP contribution in [0.2, 0.25) is 0 Å². The van der Waals surface area contributed by atoms with Crippen LogP contribution < -0.4 is 5.32 Å². The second-order valence-corrected chi connectivity index (χ2v) is 8.15. The summed E-state index contributed by atoms with van der Waals surface area (Å²) in [6, 6.07) is 8.49. The van der Waals surface area contributed by atoms with Crippen molar-refractivity contribution in [2.75, 3.05) is 12.3 Å². The van der Waals surface area contributed by atoms with Crippen LogP contribution in [-0.4, -0.2) is 23.2 Å². The molecule has 3 aromatic rings. The van der Waals surface area contributed by atoms with Crippen molar-refractivity contribution in [3.63, 3.8) is 0 Å². The summed E-state index contributed by atoms with van der Waals surface area (Å²) in [4.78, 5) is 17.5. The fourth-order valence-corrected chi connectivity index (χ4v) is 4.54. The minimum absolute atomic E-state index is 0.00560. The number of thiophene rings is 1. The molecule has 1 amide bonds. The average Bonchev–Trinajstić information content (AvgIpc) is 3.27. The maximum absolute atomic E-state index is 12.8. The van der Waals surface area contributed by atoms with Crippen molar-refractivity contribution < 1.29 is 9.18 Å². The van der Waals surface area contributed by atoms with Gasteiger partial charge in [-0.25, -0.2) is 9.37 Å². The molecule has 0 unspecified atom stereocenters. The molecule has 130 valence electrons. The molecule has 25 heavy (non-hydrogen) atoms. The van der Waals surface area contributed by atoms with Crippen molar-refractivity contribution >= 4 is 40.3 Å². The molecule has 0 radical (unpaired) electrons. The summed E-state index contributed by atoms with van der Waals surface area (Å²) in [6.45, 7) is 0.633. The van der Waals surface area contributed by atoms with Crippen molar-refractivity contribution in [2.24, 2.45) is 0 Å². The number of carbonyl (C=O) groups is 1. The van der Waals surface area contributed by atoms with E-state index in [0.717, 1.165) is 33.3 Å². The molecule has 0 atom stereocenters. The molecule has 1 aromatic carbocycles. The summed E-state index contributed by atoms with van der Waals surface area (Å²) in [6.07, 6.45) is 1.18. The molecular formula is C18H17FN2OS3. The Bertz CT molecular complexity index is 800. The quantitative estimate of drug-likeness (QED) is 0.440. The number of halogens is 1. The highest BCUT2D eigenvalue weighted by Gasteiger charge is 2.09. The number of aromatic nitrogens is 1. The predicted molar refractivity (Wildman–Crippen MR) is 104 cm³/mol. The molecule has 0 aliphatic carbocycles. The van der Waals surface area contributed by atoms with E-state index >= 15 is 0 Å². The van der Waals surface area contributed by atoms with Crippen LogP contribution in [0.1, 0.15) is 12.1 Å². The van der Waals surface area contributed by atoms with Gasteiger partial charge in [0, 0.05) is 27.8 Å². The maximum atomic E-state index is 12.8. The van der Waals surface area contributed by atoms with Gasteiger partial charge in [0.05, 0.1) is 12.1 Å². The minimum atomic E-state index is -0.221. The van der Waals surface area contributed by atoms with Crippen LogP contribution in [0.4, 0.5) is 4.39 Å². The topological polar surface area (TPSA) is 42.0 Å². The number of rotatable bonds is 8. The number of carbonyl (C=O) groups excluding carboxylic acids is 1. The first-order chi connectivity index (χ1) is 12.2. The van der Waals surface area contributed by atoms with Gasteiger partial charge in [0.1, 0.15) is 10.8 Å². The van der Waals surface area contributed by atoms with Gasteiger partial charge in [-0.1, -0.05) is 0 Å². The molecule has 3 nitrogen and oxygen atoms in total. The van der Waals surface area contributed by atoms with E-state index in [2.05, 4.69) is 15.7 Å². The fourth-order valence-electron chi connectivity index (χ4n) is 2.15. The molecule has 2 heterocycles. The van der Waals surface area contributed by atoms with Gasteiger partial charge < -0.3 is 5.32 Å². The lowest BCUT2D eigenvalue weighted by Crippen LogP contribution is -2.26. The van der Waals surface area contributed by atoms with Gasteiger partial charge in [0.25, 0.3) is 0 Å². The Morgan fingerprint density at radius 1 is 1.20 bits per heavy atom. The van der Waals surface area contributed by atoms with Gasteiger partial charge in [-0.05, 0) is 47.9 Å². The number of nitrogens with zero attached hydrogens (tertiary/aromatic N) is 1. The molecule has 0 saturated heterocycles. The summed E-state index contributed by atoms with van der Waals surface area (Å²) < 4.78 is 12.8. The lowest BCUT2D eigenvalue weighted by Gasteiger charge is -2.04. The smallest absolute Gasteiger partial charge is 0.226 e. The van der Waals surface area contributed by atoms with E-state index in [4.69, 9.17) is 0 Å². The lowest BCUT2D eigenvalue weighted by atomic mass is 10.3. The number of thioether (sulfide) groups is 1. The molecule has 7 heteroatoms. The lowest BCUT2D eigenvalue weighted by molar-refractivity contribution is -0.120. The summed E-state index contributed by atoms with van der Waals surface area (Å²) in [7, 11) is 0. The van der Waals surface area contributed by atoms with Crippen molar-refractivity contribution in [1.82, 2.24) is 10.3 Å². The molecule has 0 spiro atoms. The monoisotopic (exact) mass is 392 g/mol. The standard InChI is InChI=1S/C18H17FN2OS3/c19-14-2-4-16(5-3-14)24-8-1-7-20-17(22)10-15-12-25-18(21-15)13-6-9-23-11-13/h2-6,9,11-12H,1,7-8,10H2,(H,20,22). The summed E-state index contributed by atoms with van der Waals surface area (Å²) >= 11 is 4.86. The van der Waals surface area contributed by atoms with Gasteiger partial charge in [0.15, 0.2) is 0 Å². The number of benzene rings is 1. The zero-order chi connectivity index (χ0) is 17.5. The van der Waals surface area contributed by atoms with Gasteiger partial charge in [0.2, 0.25) is 5.91 Å². The van der Waals surface area contributed by atoms with Crippen molar-refractivity contribution in [3.8, 4) is 10.6 Å². The molecule has 0 aliphatic heterocycles. The van der Waals surface area contributed by atoms with Crippen molar-refractivity contribution in [3.05, 3.63) is 58.0 Å². The molecule has 0 fully saturated rings. The third-order valence-electron chi connectivity index (χ3n) is 3.39. The van der Waals surface area contributed by atoms with Gasteiger partial charge in [-0.15, -0.1) is 23.1 Å². The summed E-state index contributed by atoms with van der Waals surface area (Å²) in [5.41, 5.74) is 1.92. The highest BCUT2D eigenvalue weighted by molar-refractivity contribution is 7.99. The predicted octanol–water partition coefficient (Wildman–Crippen LogP) is 4.85. The number of thiazole rings is 1. The third kappa shape index (κ3) is 5.66. The first-order valence-corrected chi connectivity index (χ1v) is 10.6. The Labute approximate surface area is 158 Å². The normalized spacial score (nSPS) is 10.8. The van der Waals surface area contributed by atoms with Crippen molar-refractivity contribution in [2.45, 2.75) is 17.7 Å². The first kappa shape index (κ1) is 18.1. The SMILES string of the molecule is O=C(Cc1csc(-c2ccsc2)n1)NCCCSc1ccc(F)cc1. The molecule has 2 aromatic heterocycles. The van der Waals surface area contributed by atoms with E-state index in [1.54, 1.807) is 46.6 Å². The van der Waals surface area contributed by atoms with Gasteiger partial charge in [-0.2, -0.15) is 11.3 Å². The van der Waals surface area contributed by atoms with Crippen LogP contribution >= 0.6 is 34.4 Å². The van der Waals surface area contributed by atoms with E-state index in [0.29, 0.717) is 13.0 Å². The van der Waals surface area contributed by atoms with Crippen molar-refractivity contribution in [1.29, 1.82) is 0 Å². The third-order valence-corrected chi connectivity index (χ3v) is 6.11. The average molecular weight is 393 g/mol. The van der Waals surface area contributed by atoms with Crippen LogP contribution in [0, 0.1) is 5.82 Å². The van der Waals surface area contributed by atoms with Crippen LogP contribution in [0.25, 0.3) is 10.6 Å². The number of nitrogens with one attached hydrogen (secondary N) is 1. The summed E-state index contributed by atoms with van der Waals surface area (Å²) in [5.74, 6) is 0.653. The largest absolute Gasteiger partial charge is 0.356 e. The van der Waals surface area contributed by atoms with Crippen LogP contribution in [0.5, 0.6) is 0 Å². The van der Waals surface area contributed by atoms with E-state index in [1.807, 2.05) is 16.8 Å². The molecule has 0 saturated carbocycles. The second kappa shape index (κ2) is 9.12. The molecule has 0 bridgehead atoms. The molecule has 1 N–H and O–H groups in total. The molecule has 3 rings (SSSR count). The van der Waals surface area contributed by atoms with E-state index in [-0.39, 0.29) is 11.7 Å². The van der Waals surface area contributed by atoms with Gasteiger partial charge >= 0.3 is 0 Å². The zero-order valence-corrected chi connectivity index (χ0v) is 15.9. The highest BCUT2D eigenvalue weighted by Crippen LogP contribution is 2.25. The first-order valence-electron chi connectivity index (χ1n) is 7.83. The van der Waals surface area contributed by atoms with Crippen LogP contribution in [0.15, 0.2) is 51.4 Å². The Hall–Kier alpha value is -1.70. The molecule has 0 aliphatic rings. The van der Waals surface area contributed by atoms with E-state index in [9.17, 15) is 9.18 Å². The minimum Gasteiger partial charge on any atom is -0.356 e. The Balaban J connectivity index is 1.35. The maximum Gasteiger partial charge on any atom is 0.226 e. The van der Waals surface area contributed by atoms with Crippen LogP contribution in [0.3, 0.4) is 0 Å². The molecular weight excluding hydrogens is 375 g/mol. The van der Waals surface area contributed by atoms with Gasteiger partial charge in [-0.3, -0.25) is 4.79 Å². The Kier molecular flexibility index (Phi) is 6.61. The fraction of sp³-hybridized carbons (Fsp3) is 0.222. The second-order valence-electron chi connectivity index (χ2n) is 5.34. The highest BCUT2D eigenvalue weighted by atomic mass is 32.2. The number of hydrogen-bond acceptors (Lipinski definition) is 5. The zero-order valence-electron chi connectivity index (χ0n) is 13.4. The summed E-state index contributed by atoms with van der Waals surface area (Å²) in [5, 5.41) is 9.90. The Morgan fingerprint density at radius 3 is 2.80 bits per heavy atom. The Morgan fingerprint density at radius 2 is 2.04 bits per heavy atom. The van der Waals surface area contributed by atoms with E-state index < -0.39 is 0 Å². The van der Waals surface area contributed by atoms with Crippen LogP contribution in [-0.2, 0) is 11.2 Å². The number of amides is 1.